The number of nitrogens with zero attached hydrogens (tertiary/aromatic N) is 1. The number of sulfonamides is 1. The molecule has 0 aliphatic carbocycles. The van der Waals surface area contributed by atoms with E-state index in [4.69, 9.17) is 4.74 Å². The second-order valence-electron chi connectivity index (χ2n) is 7.88. The average Bonchev–Trinajstić information content (AvgIpc) is 2.68. The van der Waals surface area contributed by atoms with Crippen molar-refractivity contribution in [2.24, 2.45) is 0 Å². The minimum atomic E-state index is -3.43. The van der Waals surface area contributed by atoms with Gasteiger partial charge in [-0.1, -0.05) is 31.5 Å². The van der Waals surface area contributed by atoms with Crippen molar-refractivity contribution < 1.29 is 17.9 Å². The summed E-state index contributed by atoms with van der Waals surface area (Å²) in [4.78, 5) is 12.1. The quantitative estimate of drug-likeness (QED) is 0.500. The van der Waals surface area contributed by atoms with Crippen LogP contribution in [0.3, 0.4) is 0 Å². The van der Waals surface area contributed by atoms with Gasteiger partial charge in [-0.15, -0.1) is 0 Å². The number of ether oxygens (including phenoxy) is 1. The summed E-state index contributed by atoms with van der Waals surface area (Å²) in [6, 6.07) is 13.7. The first-order chi connectivity index (χ1) is 14.7. The molecule has 1 amide bonds. The first kappa shape index (κ1) is 24.7. The van der Waals surface area contributed by atoms with Gasteiger partial charge in [0.05, 0.1) is 18.5 Å². The smallest absolute Gasteiger partial charge is 0.232 e. The standard InChI is InChI=1S/C24H34N2O4S/c1-5-7-21-9-11-23(12-10-21)30-15-13-25-24(27)8-6-14-26(31(4,28)29)22-17-19(2)16-20(3)18-22/h9-12,16-18H,5-8,13-15H2,1-4H3,(H,25,27). The van der Waals surface area contributed by atoms with E-state index in [1.54, 1.807) is 0 Å². The van der Waals surface area contributed by atoms with Crippen molar-refractivity contribution in [2.45, 2.75) is 46.5 Å². The number of rotatable bonds is 12. The molecule has 1 N–H and O–H groups in total. The number of amides is 1. The second-order valence-corrected chi connectivity index (χ2v) is 9.78. The molecule has 0 saturated carbocycles. The molecule has 2 aromatic carbocycles. The number of hydrogen-bond acceptors (Lipinski definition) is 4. The molecular formula is C24H34N2O4S. The highest BCUT2D eigenvalue weighted by Crippen LogP contribution is 2.22. The molecule has 0 aliphatic heterocycles. The topological polar surface area (TPSA) is 75.7 Å². The molecule has 31 heavy (non-hydrogen) atoms. The highest BCUT2D eigenvalue weighted by atomic mass is 32.2. The molecule has 0 unspecified atom stereocenters. The van der Waals surface area contributed by atoms with Crippen LogP contribution in [0.1, 0.15) is 42.9 Å². The molecule has 0 radical (unpaired) electrons. The van der Waals surface area contributed by atoms with Gasteiger partial charge in [-0.2, -0.15) is 0 Å². The number of benzene rings is 2. The Hall–Kier alpha value is -2.54. The van der Waals surface area contributed by atoms with Crippen molar-refractivity contribution in [1.29, 1.82) is 0 Å². The van der Waals surface area contributed by atoms with E-state index in [0.29, 0.717) is 25.3 Å². The van der Waals surface area contributed by atoms with E-state index in [-0.39, 0.29) is 18.9 Å². The molecule has 170 valence electrons. The number of carbonyl (C=O) groups is 1. The predicted molar refractivity (Wildman–Crippen MR) is 126 cm³/mol. The summed E-state index contributed by atoms with van der Waals surface area (Å²) in [7, 11) is -3.43. The van der Waals surface area contributed by atoms with Gasteiger partial charge < -0.3 is 10.1 Å². The van der Waals surface area contributed by atoms with Crippen molar-refractivity contribution in [3.05, 3.63) is 59.2 Å². The molecule has 0 spiro atoms. The molecule has 0 aliphatic rings. The van der Waals surface area contributed by atoms with Crippen LogP contribution in [0.15, 0.2) is 42.5 Å². The van der Waals surface area contributed by atoms with Crippen molar-refractivity contribution in [3.8, 4) is 5.75 Å². The predicted octanol–water partition coefficient (Wildman–Crippen LogP) is 4.00. The Kier molecular flexibility index (Phi) is 9.37. The number of hydrogen-bond donors (Lipinski definition) is 1. The van der Waals surface area contributed by atoms with Crippen LogP contribution in [-0.4, -0.2) is 40.3 Å². The molecule has 6 nitrogen and oxygen atoms in total. The molecule has 0 bridgehead atoms. The molecule has 0 heterocycles. The van der Waals surface area contributed by atoms with Crippen molar-refractivity contribution >= 4 is 21.6 Å². The monoisotopic (exact) mass is 446 g/mol. The van der Waals surface area contributed by atoms with Gasteiger partial charge >= 0.3 is 0 Å². The Morgan fingerprint density at radius 3 is 2.29 bits per heavy atom. The summed E-state index contributed by atoms with van der Waals surface area (Å²) in [5, 5.41) is 2.82. The molecular weight excluding hydrogens is 412 g/mol. The molecule has 0 aromatic heterocycles. The largest absolute Gasteiger partial charge is 0.492 e. The van der Waals surface area contributed by atoms with E-state index in [1.165, 1.54) is 16.1 Å². The van der Waals surface area contributed by atoms with E-state index in [1.807, 2.05) is 44.2 Å². The summed E-state index contributed by atoms with van der Waals surface area (Å²) in [5.41, 5.74) is 3.92. The molecule has 2 rings (SSSR count). The Morgan fingerprint density at radius 1 is 1.06 bits per heavy atom. The zero-order chi connectivity index (χ0) is 22.9. The Balaban J connectivity index is 1.75. The first-order valence-corrected chi connectivity index (χ1v) is 12.6. The summed E-state index contributed by atoms with van der Waals surface area (Å²) in [6.07, 6.45) is 4.04. The summed E-state index contributed by atoms with van der Waals surface area (Å²) < 4.78 is 31.5. The molecule has 7 heteroatoms. The summed E-state index contributed by atoms with van der Waals surface area (Å²) in [5.74, 6) is 0.669. The maximum Gasteiger partial charge on any atom is 0.232 e. The highest BCUT2D eigenvalue weighted by Gasteiger charge is 2.18. The van der Waals surface area contributed by atoms with E-state index in [0.717, 1.165) is 29.7 Å². The lowest BCUT2D eigenvalue weighted by molar-refractivity contribution is -0.121. The fourth-order valence-corrected chi connectivity index (χ4v) is 4.40. The second kappa shape index (κ2) is 11.7. The summed E-state index contributed by atoms with van der Waals surface area (Å²) >= 11 is 0. The van der Waals surface area contributed by atoms with Crippen LogP contribution in [0.2, 0.25) is 0 Å². The SMILES string of the molecule is CCCc1ccc(OCCNC(=O)CCCN(c2cc(C)cc(C)c2)S(C)(=O)=O)cc1. The fraction of sp³-hybridized carbons (Fsp3) is 0.458. The van der Waals surface area contributed by atoms with Gasteiger partial charge in [0.15, 0.2) is 0 Å². The van der Waals surface area contributed by atoms with E-state index in [9.17, 15) is 13.2 Å². The third-order valence-electron chi connectivity index (χ3n) is 4.81. The van der Waals surface area contributed by atoms with Crippen LogP contribution < -0.4 is 14.4 Å². The third-order valence-corrected chi connectivity index (χ3v) is 6.01. The maximum atomic E-state index is 12.2. The zero-order valence-electron chi connectivity index (χ0n) is 19.0. The minimum Gasteiger partial charge on any atom is -0.492 e. The Bertz CT molecular complexity index is 936. The fourth-order valence-electron chi connectivity index (χ4n) is 3.45. The molecule has 2 aromatic rings. The Labute approximate surface area is 186 Å². The zero-order valence-corrected chi connectivity index (χ0v) is 19.8. The number of aryl methyl sites for hydroxylation is 3. The van der Waals surface area contributed by atoms with E-state index >= 15 is 0 Å². The van der Waals surface area contributed by atoms with Gasteiger partial charge in [0, 0.05) is 13.0 Å². The lowest BCUT2D eigenvalue weighted by Gasteiger charge is -2.23. The molecule has 0 atom stereocenters. The third kappa shape index (κ3) is 8.61. The average molecular weight is 447 g/mol. The number of anilines is 1. The van der Waals surface area contributed by atoms with E-state index < -0.39 is 10.0 Å². The molecule has 0 saturated heterocycles. The van der Waals surface area contributed by atoms with Gasteiger partial charge in [-0.25, -0.2) is 8.42 Å². The van der Waals surface area contributed by atoms with Crippen LogP contribution in [0.5, 0.6) is 5.75 Å². The van der Waals surface area contributed by atoms with Gasteiger partial charge in [0.25, 0.3) is 0 Å². The summed E-state index contributed by atoms with van der Waals surface area (Å²) in [6.45, 7) is 7.07. The van der Waals surface area contributed by atoms with Crippen molar-refractivity contribution in [3.63, 3.8) is 0 Å². The first-order valence-electron chi connectivity index (χ1n) is 10.7. The van der Waals surface area contributed by atoms with Crippen molar-refractivity contribution in [1.82, 2.24) is 5.32 Å². The van der Waals surface area contributed by atoms with Crippen LogP contribution in [0.4, 0.5) is 5.69 Å². The van der Waals surface area contributed by atoms with Gasteiger partial charge in [0.2, 0.25) is 15.9 Å². The van der Waals surface area contributed by atoms with Crippen LogP contribution >= 0.6 is 0 Å². The van der Waals surface area contributed by atoms with E-state index in [2.05, 4.69) is 24.4 Å². The van der Waals surface area contributed by atoms with Crippen LogP contribution in [0, 0.1) is 13.8 Å². The van der Waals surface area contributed by atoms with Crippen molar-refractivity contribution in [2.75, 3.05) is 30.3 Å². The van der Waals surface area contributed by atoms with Gasteiger partial charge in [0.1, 0.15) is 12.4 Å². The highest BCUT2D eigenvalue weighted by molar-refractivity contribution is 7.92. The lowest BCUT2D eigenvalue weighted by Crippen LogP contribution is -2.33. The number of carbonyl (C=O) groups excluding carboxylic acids is 1. The number of nitrogens with one attached hydrogen (secondary N) is 1. The normalized spacial score (nSPS) is 11.2. The Morgan fingerprint density at radius 2 is 1.71 bits per heavy atom. The van der Waals surface area contributed by atoms with Gasteiger partial charge in [-0.3, -0.25) is 9.10 Å². The lowest BCUT2D eigenvalue weighted by atomic mass is 10.1. The van der Waals surface area contributed by atoms with Crippen LogP contribution in [0.25, 0.3) is 0 Å². The van der Waals surface area contributed by atoms with Gasteiger partial charge in [-0.05, 0) is 67.6 Å². The molecule has 0 fully saturated rings. The maximum absolute atomic E-state index is 12.2. The minimum absolute atomic E-state index is 0.115. The van der Waals surface area contributed by atoms with Crippen LogP contribution in [-0.2, 0) is 21.2 Å².